The van der Waals surface area contributed by atoms with Crippen molar-refractivity contribution in [2.24, 2.45) is 5.92 Å². The molecule has 2 aromatic rings. The molecule has 1 aliphatic heterocycles. The molecule has 172 valence electrons. The number of hydrogen-bond acceptors (Lipinski definition) is 5. The second-order valence-electron chi connectivity index (χ2n) is 10.0. The van der Waals surface area contributed by atoms with Gasteiger partial charge in [0.15, 0.2) is 0 Å². The fourth-order valence-electron chi connectivity index (χ4n) is 4.19. The second-order valence-corrected chi connectivity index (χ2v) is 10.0. The van der Waals surface area contributed by atoms with Crippen LogP contribution in [-0.4, -0.2) is 24.0 Å². The minimum atomic E-state index is -0.550. The van der Waals surface area contributed by atoms with Crippen LogP contribution in [0.3, 0.4) is 0 Å². The molecular formula is C26H34N2O4. The zero-order chi connectivity index (χ0) is 23.6. The molecule has 32 heavy (non-hydrogen) atoms. The van der Waals surface area contributed by atoms with Gasteiger partial charge >= 0.3 is 5.97 Å². The molecule has 0 atom stereocenters. The van der Waals surface area contributed by atoms with Gasteiger partial charge < -0.3 is 9.64 Å². The molecule has 0 N–H and O–H groups in total. The Kier molecular flexibility index (Phi) is 6.91. The highest BCUT2D eigenvalue weighted by atomic mass is 16.6. The van der Waals surface area contributed by atoms with Gasteiger partial charge in [-0.25, -0.2) is 4.79 Å². The van der Waals surface area contributed by atoms with Crippen LogP contribution >= 0.6 is 0 Å². The average molecular weight is 439 g/mol. The van der Waals surface area contributed by atoms with Crippen molar-refractivity contribution in [3.63, 3.8) is 0 Å². The predicted molar refractivity (Wildman–Crippen MR) is 127 cm³/mol. The first-order valence-corrected chi connectivity index (χ1v) is 11.3. The number of esters is 1. The first kappa shape index (κ1) is 23.8. The van der Waals surface area contributed by atoms with Gasteiger partial charge in [0.25, 0.3) is 5.69 Å². The van der Waals surface area contributed by atoms with Gasteiger partial charge in [0.2, 0.25) is 0 Å². The quantitative estimate of drug-likeness (QED) is 0.320. The van der Waals surface area contributed by atoms with E-state index < -0.39 is 10.9 Å². The number of anilines is 1. The van der Waals surface area contributed by atoms with Gasteiger partial charge in [0, 0.05) is 19.2 Å². The van der Waals surface area contributed by atoms with Gasteiger partial charge in [0.05, 0.1) is 10.5 Å². The highest BCUT2D eigenvalue weighted by Gasteiger charge is 2.25. The van der Waals surface area contributed by atoms with Crippen molar-refractivity contribution >= 4 is 17.3 Å². The number of hydrogen-bond donors (Lipinski definition) is 0. The zero-order valence-corrected chi connectivity index (χ0v) is 20.0. The van der Waals surface area contributed by atoms with E-state index in [2.05, 4.69) is 39.8 Å². The van der Waals surface area contributed by atoms with Gasteiger partial charge in [-0.3, -0.25) is 10.1 Å². The molecule has 0 aliphatic carbocycles. The molecule has 0 unspecified atom stereocenters. The lowest BCUT2D eigenvalue weighted by Gasteiger charge is -2.31. The zero-order valence-electron chi connectivity index (χ0n) is 20.0. The SMILES string of the molecule is Cc1cc(C(C)(C)C)cc(C)c1COC(=O)c1ccc(N2CCC(C)CC2)c([N+](=O)[O-])c1. The van der Waals surface area contributed by atoms with Crippen molar-refractivity contribution in [2.75, 3.05) is 18.0 Å². The smallest absolute Gasteiger partial charge is 0.338 e. The van der Waals surface area contributed by atoms with E-state index in [0.29, 0.717) is 11.6 Å². The normalized spacial score (nSPS) is 15.0. The summed E-state index contributed by atoms with van der Waals surface area (Å²) in [6.07, 6.45) is 2.02. The summed E-state index contributed by atoms with van der Waals surface area (Å²) in [6, 6.07) is 8.92. The number of carbonyl (C=O) groups excluding carboxylic acids is 1. The van der Waals surface area contributed by atoms with E-state index in [9.17, 15) is 14.9 Å². The maximum atomic E-state index is 12.7. The maximum Gasteiger partial charge on any atom is 0.338 e. The summed E-state index contributed by atoms with van der Waals surface area (Å²) < 4.78 is 5.56. The number of nitro groups is 1. The second kappa shape index (κ2) is 9.31. The van der Waals surface area contributed by atoms with Crippen LogP contribution in [0.25, 0.3) is 0 Å². The molecule has 1 heterocycles. The van der Waals surface area contributed by atoms with Crippen molar-refractivity contribution in [2.45, 2.75) is 66.4 Å². The summed E-state index contributed by atoms with van der Waals surface area (Å²) in [5, 5.41) is 11.7. The van der Waals surface area contributed by atoms with Crippen LogP contribution in [0.5, 0.6) is 0 Å². The standard InChI is InChI=1S/C26H34N2O4/c1-17-9-11-27(12-10-17)23-8-7-20(15-24(23)28(30)31)25(29)32-16-22-18(2)13-21(14-19(22)3)26(4,5)6/h7-8,13-15,17H,9-12,16H2,1-6H3. The van der Waals surface area contributed by atoms with Gasteiger partial charge in [-0.1, -0.05) is 39.8 Å². The fourth-order valence-corrected chi connectivity index (χ4v) is 4.19. The van der Waals surface area contributed by atoms with E-state index in [1.54, 1.807) is 12.1 Å². The summed E-state index contributed by atoms with van der Waals surface area (Å²) >= 11 is 0. The molecule has 2 aromatic carbocycles. The summed E-state index contributed by atoms with van der Waals surface area (Å²) in [7, 11) is 0. The minimum Gasteiger partial charge on any atom is -0.457 e. The molecular weight excluding hydrogens is 404 g/mol. The third-order valence-electron chi connectivity index (χ3n) is 6.44. The number of nitrogens with zero attached hydrogens (tertiary/aromatic N) is 2. The van der Waals surface area contributed by atoms with Crippen molar-refractivity contribution in [1.82, 2.24) is 0 Å². The number of piperidine rings is 1. The van der Waals surface area contributed by atoms with E-state index in [1.165, 1.54) is 11.6 Å². The molecule has 6 nitrogen and oxygen atoms in total. The topological polar surface area (TPSA) is 72.7 Å². The number of carbonyl (C=O) groups is 1. The third-order valence-corrected chi connectivity index (χ3v) is 6.44. The molecule has 3 rings (SSSR count). The molecule has 6 heteroatoms. The molecule has 1 saturated heterocycles. The molecule has 1 aliphatic rings. The summed E-state index contributed by atoms with van der Waals surface area (Å²) in [5.41, 5.74) is 5.12. The van der Waals surface area contributed by atoms with Gasteiger partial charge in [-0.2, -0.15) is 0 Å². The van der Waals surface area contributed by atoms with Crippen LogP contribution in [0.4, 0.5) is 11.4 Å². The van der Waals surface area contributed by atoms with Crippen molar-refractivity contribution in [3.05, 3.63) is 68.3 Å². The van der Waals surface area contributed by atoms with Crippen molar-refractivity contribution < 1.29 is 14.5 Å². The number of ether oxygens (including phenoxy) is 1. The highest BCUT2D eigenvalue weighted by molar-refractivity contribution is 5.91. The Morgan fingerprint density at radius 1 is 1.12 bits per heavy atom. The van der Waals surface area contributed by atoms with E-state index in [1.807, 2.05) is 18.7 Å². The lowest BCUT2D eigenvalue weighted by Crippen LogP contribution is -2.33. The Morgan fingerprint density at radius 2 is 1.72 bits per heavy atom. The minimum absolute atomic E-state index is 0.0395. The molecule has 0 amide bonds. The van der Waals surface area contributed by atoms with E-state index in [-0.39, 0.29) is 23.3 Å². The van der Waals surface area contributed by atoms with Crippen LogP contribution < -0.4 is 4.90 Å². The van der Waals surface area contributed by atoms with Crippen molar-refractivity contribution in [1.29, 1.82) is 0 Å². The number of benzene rings is 2. The van der Waals surface area contributed by atoms with Gasteiger partial charge in [-0.15, -0.1) is 0 Å². The summed E-state index contributed by atoms with van der Waals surface area (Å²) in [6.45, 7) is 14.5. The Morgan fingerprint density at radius 3 is 2.25 bits per heavy atom. The Balaban J connectivity index is 1.77. The van der Waals surface area contributed by atoms with Crippen LogP contribution in [-0.2, 0) is 16.8 Å². The fraction of sp³-hybridized carbons (Fsp3) is 0.500. The number of nitro benzene ring substituents is 1. The maximum absolute atomic E-state index is 12.7. The molecule has 0 bridgehead atoms. The average Bonchev–Trinajstić information content (AvgIpc) is 2.72. The lowest BCUT2D eigenvalue weighted by atomic mass is 9.84. The molecule has 0 radical (unpaired) electrons. The number of aryl methyl sites for hydroxylation is 2. The van der Waals surface area contributed by atoms with Crippen molar-refractivity contribution in [3.8, 4) is 0 Å². The molecule has 0 aromatic heterocycles. The molecule has 0 saturated carbocycles. The lowest BCUT2D eigenvalue weighted by molar-refractivity contribution is -0.384. The van der Waals surface area contributed by atoms with Crippen LogP contribution in [0.2, 0.25) is 0 Å². The van der Waals surface area contributed by atoms with E-state index in [4.69, 9.17) is 4.74 Å². The molecule has 0 spiro atoms. The first-order chi connectivity index (χ1) is 15.0. The van der Waals surface area contributed by atoms with Crippen LogP contribution in [0.1, 0.15) is 73.1 Å². The van der Waals surface area contributed by atoms with Crippen LogP contribution in [0, 0.1) is 29.9 Å². The third kappa shape index (κ3) is 5.29. The van der Waals surface area contributed by atoms with Gasteiger partial charge in [-0.05, 0) is 72.4 Å². The van der Waals surface area contributed by atoms with Crippen LogP contribution in [0.15, 0.2) is 30.3 Å². The Bertz CT molecular complexity index is 992. The Hall–Kier alpha value is -2.89. The highest BCUT2D eigenvalue weighted by Crippen LogP contribution is 2.33. The largest absolute Gasteiger partial charge is 0.457 e. The number of rotatable bonds is 5. The van der Waals surface area contributed by atoms with E-state index >= 15 is 0 Å². The van der Waals surface area contributed by atoms with E-state index in [0.717, 1.165) is 42.6 Å². The summed E-state index contributed by atoms with van der Waals surface area (Å²) in [5.74, 6) is 0.0783. The Labute approximate surface area is 190 Å². The predicted octanol–water partition coefficient (Wildman–Crippen LogP) is 6.10. The first-order valence-electron chi connectivity index (χ1n) is 11.3. The molecule has 1 fully saturated rings. The summed E-state index contributed by atoms with van der Waals surface area (Å²) in [4.78, 5) is 26.1. The van der Waals surface area contributed by atoms with Gasteiger partial charge in [0.1, 0.15) is 12.3 Å². The monoisotopic (exact) mass is 438 g/mol.